The minimum Gasteiger partial charge on any atom is -0.369 e. The number of aromatic nitrogens is 2. The Morgan fingerprint density at radius 2 is 1.72 bits per heavy atom. The van der Waals surface area contributed by atoms with Crippen LogP contribution in [0.2, 0.25) is 0 Å². The highest BCUT2D eigenvalue weighted by molar-refractivity contribution is 9.10. The quantitative estimate of drug-likeness (QED) is 0.893. The minimum atomic E-state index is 0.287. The average Bonchev–Trinajstić information content (AvgIpc) is 2.66. The Balaban J connectivity index is 2.19. The third kappa shape index (κ3) is 1.98. The molecule has 0 bridgehead atoms. The first kappa shape index (κ1) is 13.6. The molecule has 0 aromatic carbocycles. The summed E-state index contributed by atoms with van der Waals surface area (Å²) in [5.41, 5.74) is 0.575. The summed E-state index contributed by atoms with van der Waals surface area (Å²) in [5.74, 6) is 1.70. The van der Waals surface area contributed by atoms with Gasteiger partial charge < -0.3 is 10.6 Å². The van der Waals surface area contributed by atoms with E-state index >= 15 is 0 Å². The largest absolute Gasteiger partial charge is 0.369 e. The number of nitrogens with zero attached hydrogens (tertiary/aromatic N) is 2. The molecule has 1 fully saturated rings. The van der Waals surface area contributed by atoms with Crippen molar-refractivity contribution in [1.82, 2.24) is 9.97 Å². The molecule has 4 nitrogen and oxygen atoms in total. The number of halogens is 1. The van der Waals surface area contributed by atoms with Gasteiger partial charge in [-0.25, -0.2) is 9.97 Å². The third-order valence-electron chi connectivity index (χ3n) is 4.44. The lowest BCUT2D eigenvalue weighted by Gasteiger charge is -2.12. The van der Waals surface area contributed by atoms with Gasteiger partial charge in [0.05, 0.1) is 0 Å². The Labute approximate surface area is 117 Å². The van der Waals surface area contributed by atoms with Crippen LogP contribution in [0.4, 0.5) is 11.6 Å². The molecule has 0 aliphatic heterocycles. The second-order valence-electron chi connectivity index (χ2n) is 5.94. The van der Waals surface area contributed by atoms with Crippen molar-refractivity contribution in [2.24, 2.45) is 10.8 Å². The van der Waals surface area contributed by atoms with Crippen molar-refractivity contribution < 1.29 is 0 Å². The fraction of sp³-hybridized carbons (Fsp3) is 0.692. The van der Waals surface area contributed by atoms with Crippen molar-refractivity contribution in [3.63, 3.8) is 0 Å². The van der Waals surface area contributed by atoms with Gasteiger partial charge >= 0.3 is 0 Å². The van der Waals surface area contributed by atoms with Gasteiger partial charge in [0.15, 0.2) is 0 Å². The van der Waals surface area contributed by atoms with Gasteiger partial charge in [-0.05, 0) is 33.7 Å². The maximum atomic E-state index is 4.32. The van der Waals surface area contributed by atoms with Crippen LogP contribution >= 0.6 is 15.9 Å². The van der Waals surface area contributed by atoms with Gasteiger partial charge in [-0.3, -0.25) is 0 Å². The summed E-state index contributed by atoms with van der Waals surface area (Å²) in [4.78, 5) is 8.54. The highest BCUT2D eigenvalue weighted by Crippen LogP contribution is 2.63. The molecule has 0 saturated heterocycles. The van der Waals surface area contributed by atoms with Gasteiger partial charge in [0.25, 0.3) is 0 Å². The number of hydrogen-bond donors (Lipinski definition) is 2. The first-order valence-electron chi connectivity index (χ1n) is 6.33. The molecule has 1 saturated carbocycles. The number of hydrogen-bond acceptors (Lipinski definition) is 4. The van der Waals surface area contributed by atoms with Gasteiger partial charge in [0.2, 0.25) is 0 Å². The Hall–Kier alpha value is -0.840. The normalized spacial score (nSPS) is 20.6. The summed E-state index contributed by atoms with van der Waals surface area (Å²) >= 11 is 3.56. The smallest absolute Gasteiger partial charge is 0.146 e. The molecule has 1 heterocycles. The van der Waals surface area contributed by atoms with Gasteiger partial charge in [-0.2, -0.15) is 0 Å². The molecule has 0 spiro atoms. The zero-order valence-corrected chi connectivity index (χ0v) is 13.2. The van der Waals surface area contributed by atoms with E-state index in [2.05, 4.69) is 71.2 Å². The van der Waals surface area contributed by atoms with E-state index < -0.39 is 0 Å². The topological polar surface area (TPSA) is 49.8 Å². The Morgan fingerprint density at radius 1 is 1.17 bits per heavy atom. The highest BCUT2D eigenvalue weighted by Gasteiger charge is 2.65. The monoisotopic (exact) mass is 312 g/mol. The third-order valence-corrected chi connectivity index (χ3v) is 5.19. The lowest BCUT2D eigenvalue weighted by atomic mass is 10.0. The SMILES string of the molecule is CCNc1ncnc(NC2C(C)(C)C2(C)C)c1Br. The lowest BCUT2D eigenvalue weighted by Crippen LogP contribution is -2.13. The van der Waals surface area contributed by atoms with E-state index in [1.165, 1.54) is 0 Å². The van der Waals surface area contributed by atoms with E-state index in [4.69, 9.17) is 0 Å². The predicted octanol–water partition coefficient (Wildman–Crippen LogP) is 3.52. The number of anilines is 2. The fourth-order valence-corrected chi connectivity index (χ4v) is 2.91. The van der Waals surface area contributed by atoms with Crippen LogP contribution in [-0.4, -0.2) is 22.6 Å². The van der Waals surface area contributed by atoms with Crippen LogP contribution in [0.3, 0.4) is 0 Å². The van der Waals surface area contributed by atoms with Crippen LogP contribution in [0.15, 0.2) is 10.8 Å². The molecule has 1 aliphatic carbocycles. The molecule has 1 aromatic heterocycles. The molecule has 2 rings (SSSR count). The molecule has 0 unspecified atom stereocenters. The summed E-state index contributed by atoms with van der Waals surface area (Å²) in [6, 6.07) is 0.436. The van der Waals surface area contributed by atoms with E-state index in [0.717, 1.165) is 22.7 Å². The first-order valence-corrected chi connectivity index (χ1v) is 7.12. The van der Waals surface area contributed by atoms with Crippen LogP contribution in [0, 0.1) is 10.8 Å². The molecule has 1 aromatic rings. The summed E-state index contributed by atoms with van der Waals surface area (Å²) in [6.07, 6.45) is 1.59. The van der Waals surface area contributed by atoms with E-state index in [1.54, 1.807) is 6.33 Å². The Bertz CT molecular complexity index is 442. The Morgan fingerprint density at radius 3 is 2.22 bits per heavy atom. The molecule has 100 valence electrons. The second-order valence-corrected chi connectivity index (χ2v) is 6.73. The van der Waals surface area contributed by atoms with Crippen LogP contribution < -0.4 is 10.6 Å². The van der Waals surface area contributed by atoms with Gasteiger partial charge in [0, 0.05) is 12.6 Å². The number of rotatable bonds is 4. The highest BCUT2D eigenvalue weighted by atomic mass is 79.9. The van der Waals surface area contributed by atoms with Crippen molar-refractivity contribution in [3.05, 3.63) is 10.8 Å². The predicted molar refractivity (Wildman–Crippen MR) is 78.9 cm³/mol. The van der Waals surface area contributed by atoms with Gasteiger partial charge in [0.1, 0.15) is 22.4 Å². The summed E-state index contributed by atoms with van der Waals surface area (Å²) < 4.78 is 0.908. The molecule has 5 heteroatoms. The van der Waals surface area contributed by atoms with Gasteiger partial charge in [-0.1, -0.05) is 27.7 Å². The molecule has 2 N–H and O–H groups in total. The van der Waals surface area contributed by atoms with E-state index in [9.17, 15) is 0 Å². The van der Waals surface area contributed by atoms with E-state index in [1.807, 2.05) is 0 Å². The summed E-state index contributed by atoms with van der Waals surface area (Å²) in [5, 5.41) is 6.74. The van der Waals surface area contributed by atoms with Crippen molar-refractivity contribution in [3.8, 4) is 0 Å². The van der Waals surface area contributed by atoms with Crippen LogP contribution in [0.1, 0.15) is 34.6 Å². The van der Waals surface area contributed by atoms with Crippen molar-refractivity contribution in [1.29, 1.82) is 0 Å². The molecular formula is C13H21BrN4. The van der Waals surface area contributed by atoms with Crippen molar-refractivity contribution in [2.75, 3.05) is 17.2 Å². The lowest BCUT2D eigenvalue weighted by molar-refractivity contribution is 0.457. The van der Waals surface area contributed by atoms with E-state index in [-0.39, 0.29) is 10.8 Å². The standard InChI is InChI=1S/C13H21BrN4/c1-6-15-9-8(14)10(17-7-16-9)18-11-12(2,3)13(11,4)5/h7,11H,6H2,1-5H3,(H2,15,16,17,18). The fourth-order valence-electron chi connectivity index (χ4n) is 2.46. The minimum absolute atomic E-state index is 0.287. The molecular weight excluding hydrogens is 292 g/mol. The summed E-state index contributed by atoms with van der Waals surface area (Å²) in [6.45, 7) is 12.0. The van der Waals surface area contributed by atoms with Crippen LogP contribution in [-0.2, 0) is 0 Å². The number of nitrogens with one attached hydrogen (secondary N) is 2. The maximum absolute atomic E-state index is 4.32. The van der Waals surface area contributed by atoms with Crippen molar-refractivity contribution >= 4 is 27.6 Å². The zero-order valence-electron chi connectivity index (χ0n) is 11.6. The zero-order chi connectivity index (χ0) is 13.6. The maximum Gasteiger partial charge on any atom is 0.146 e. The molecule has 18 heavy (non-hydrogen) atoms. The molecule has 0 radical (unpaired) electrons. The van der Waals surface area contributed by atoms with Gasteiger partial charge in [-0.15, -0.1) is 0 Å². The summed E-state index contributed by atoms with van der Waals surface area (Å²) in [7, 11) is 0. The molecule has 0 amide bonds. The molecule has 1 aliphatic rings. The average molecular weight is 313 g/mol. The van der Waals surface area contributed by atoms with Crippen LogP contribution in [0.25, 0.3) is 0 Å². The van der Waals surface area contributed by atoms with Crippen LogP contribution in [0.5, 0.6) is 0 Å². The molecule has 0 atom stereocenters. The Kier molecular flexibility index (Phi) is 3.30. The second kappa shape index (κ2) is 4.37. The van der Waals surface area contributed by atoms with Crippen molar-refractivity contribution in [2.45, 2.75) is 40.7 Å². The van der Waals surface area contributed by atoms with E-state index in [0.29, 0.717) is 6.04 Å². The first-order chi connectivity index (χ1) is 8.32.